The van der Waals surface area contributed by atoms with Gasteiger partial charge in [-0.05, 0) is 32.3 Å². The number of guanidine groups is 1. The lowest BCUT2D eigenvalue weighted by atomic mass is 10.2. The molecule has 6 nitrogen and oxygen atoms in total. The van der Waals surface area contributed by atoms with Gasteiger partial charge >= 0.3 is 6.18 Å². The molecule has 1 aliphatic heterocycles. The number of para-hydroxylation sites is 1. The van der Waals surface area contributed by atoms with Gasteiger partial charge in [-0.15, -0.1) is 0 Å². The molecule has 1 aromatic rings. The smallest absolute Gasteiger partial charge is 0.422 e. The van der Waals surface area contributed by atoms with Crippen molar-refractivity contribution in [2.24, 2.45) is 4.99 Å². The van der Waals surface area contributed by atoms with E-state index in [1.165, 1.54) is 6.07 Å². The van der Waals surface area contributed by atoms with Crippen molar-refractivity contribution >= 4 is 5.96 Å². The summed E-state index contributed by atoms with van der Waals surface area (Å²) in [6.07, 6.45) is -1.19. The second-order valence-electron chi connectivity index (χ2n) is 6.70. The minimum absolute atomic E-state index is 0.187. The van der Waals surface area contributed by atoms with Crippen LogP contribution in [0, 0.1) is 0 Å². The molecule has 2 rings (SSSR count). The molecule has 1 saturated heterocycles. The van der Waals surface area contributed by atoms with Crippen LogP contribution in [0.5, 0.6) is 5.75 Å². The summed E-state index contributed by atoms with van der Waals surface area (Å²) >= 11 is 0. The van der Waals surface area contributed by atoms with Crippen LogP contribution in [0.25, 0.3) is 0 Å². The van der Waals surface area contributed by atoms with Gasteiger partial charge in [0, 0.05) is 31.9 Å². The fraction of sp³-hybridized carbons (Fsp3) is 0.650. The van der Waals surface area contributed by atoms with Gasteiger partial charge in [-0.1, -0.05) is 18.2 Å². The average molecular weight is 417 g/mol. The van der Waals surface area contributed by atoms with Crippen LogP contribution in [-0.4, -0.2) is 57.8 Å². The summed E-state index contributed by atoms with van der Waals surface area (Å²) in [5.74, 6) is 0.782. The van der Waals surface area contributed by atoms with Crippen molar-refractivity contribution in [2.75, 3.05) is 39.5 Å². The number of hydrogen-bond donors (Lipinski definition) is 2. The van der Waals surface area contributed by atoms with Gasteiger partial charge < -0.3 is 24.8 Å². The molecule has 0 saturated carbocycles. The van der Waals surface area contributed by atoms with Gasteiger partial charge in [0.25, 0.3) is 0 Å². The highest BCUT2D eigenvalue weighted by Crippen LogP contribution is 2.22. The Kier molecular flexibility index (Phi) is 10.1. The quantitative estimate of drug-likeness (QED) is 0.329. The predicted octanol–water partition coefficient (Wildman–Crippen LogP) is 3.27. The van der Waals surface area contributed by atoms with Gasteiger partial charge in [-0.3, -0.25) is 0 Å². The van der Waals surface area contributed by atoms with E-state index >= 15 is 0 Å². The lowest BCUT2D eigenvalue weighted by Crippen LogP contribution is -2.38. The maximum Gasteiger partial charge on any atom is 0.422 e. The third-order valence-electron chi connectivity index (χ3n) is 4.20. The lowest BCUT2D eigenvalue weighted by Gasteiger charge is -2.14. The topological polar surface area (TPSA) is 64.1 Å². The summed E-state index contributed by atoms with van der Waals surface area (Å²) in [6, 6.07) is 6.61. The van der Waals surface area contributed by atoms with Gasteiger partial charge in [0.05, 0.1) is 19.3 Å². The Hall–Kier alpha value is -2.00. The molecule has 0 aliphatic carbocycles. The van der Waals surface area contributed by atoms with E-state index in [2.05, 4.69) is 15.6 Å². The monoisotopic (exact) mass is 417 g/mol. The Morgan fingerprint density at radius 1 is 1.28 bits per heavy atom. The third kappa shape index (κ3) is 9.85. The molecule has 1 fully saturated rings. The molecule has 1 aromatic carbocycles. The standard InChI is InChI=1S/C20H30F3N3O3/c1-2-24-19(25-10-6-11-27-14-17-8-5-12-28-17)26-13-16-7-3-4-9-18(16)29-15-20(21,22)23/h3-4,7,9,17H,2,5-6,8,10-15H2,1H3,(H2,24,25,26). The molecule has 1 aliphatic rings. The summed E-state index contributed by atoms with van der Waals surface area (Å²) < 4.78 is 53.3. The molecule has 29 heavy (non-hydrogen) atoms. The summed E-state index contributed by atoms with van der Waals surface area (Å²) in [4.78, 5) is 4.44. The summed E-state index contributed by atoms with van der Waals surface area (Å²) in [6.45, 7) is 4.25. The van der Waals surface area contributed by atoms with E-state index in [-0.39, 0.29) is 18.4 Å². The predicted molar refractivity (Wildman–Crippen MR) is 105 cm³/mol. The zero-order chi connectivity index (χ0) is 21.0. The van der Waals surface area contributed by atoms with Crippen molar-refractivity contribution in [1.29, 1.82) is 0 Å². The normalized spacial score (nSPS) is 17.4. The Labute approximate surface area is 169 Å². The lowest BCUT2D eigenvalue weighted by molar-refractivity contribution is -0.153. The molecule has 0 aromatic heterocycles. The van der Waals surface area contributed by atoms with Crippen LogP contribution in [0.3, 0.4) is 0 Å². The fourth-order valence-electron chi connectivity index (χ4n) is 2.81. The molecule has 1 atom stereocenters. The van der Waals surface area contributed by atoms with Crippen LogP contribution in [0.4, 0.5) is 13.2 Å². The molecule has 2 N–H and O–H groups in total. The van der Waals surface area contributed by atoms with Crippen LogP contribution < -0.4 is 15.4 Å². The Balaban J connectivity index is 1.76. The Morgan fingerprint density at radius 3 is 2.83 bits per heavy atom. The molecule has 0 spiro atoms. The second kappa shape index (κ2) is 12.5. The number of benzene rings is 1. The number of rotatable bonds is 11. The number of nitrogens with one attached hydrogen (secondary N) is 2. The van der Waals surface area contributed by atoms with E-state index < -0.39 is 12.8 Å². The van der Waals surface area contributed by atoms with Crippen molar-refractivity contribution in [3.8, 4) is 5.75 Å². The molecule has 0 radical (unpaired) electrons. The maximum absolute atomic E-state index is 12.4. The highest BCUT2D eigenvalue weighted by Gasteiger charge is 2.28. The molecule has 1 heterocycles. The molecule has 1 unspecified atom stereocenters. The van der Waals surface area contributed by atoms with Gasteiger partial charge in [-0.25, -0.2) is 4.99 Å². The number of hydrogen-bond acceptors (Lipinski definition) is 4. The van der Waals surface area contributed by atoms with Crippen LogP contribution >= 0.6 is 0 Å². The number of nitrogens with zero attached hydrogens (tertiary/aromatic N) is 1. The first kappa shape index (κ1) is 23.3. The number of halogens is 3. The summed E-state index contributed by atoms with van der Waals surface area (Å²) in [5.41, 5.74) is 0.592. The number of ether oxygens (including phenoxy) is 3. The molecule has 0 amide bonds. The van der Waals surface area contributed by atoms with Gasteiger partial charge in [-0.2, -0.15) is 13.2 Å². The first-order chi connectivity index (χ1) is 14.0. The Morgan fingerprint density at radius 2 is 2.10 bits per heavy atom. The van der Waals surface area contributed by atoms with Crippen molar-refractivity contribution in [1.82, 2.24) is 10.6 Å². The van der Waals surface area contributed by atoms with Gasteiger partial charge in [0.15, 0.2) is 12.6 Å². The summed E-state index contributed by atoms with van der Waals surface area (Å²) in [5, 5.41) is 6.32. The molecule has 0 bridgehead atoms. The molecular weight excluding hydrogens is 387 g/mol. The molecule has 164 valence electrons. The zero-order valence-electron chi connectivity index (χ0n) is 16.8. The average Bonchev–Trinajstić information content (AvgIpc) is 3.20. The van der Waals surface area contributed by atoms with Crippen molar-refractivity contribution < 1.29 is 27.4 Å². The van der Waals surface area contributed by atoms with Crippen LogP contribution in [0.15, 0.2) is 29.3 Å². The number of alkyl halides is 3. The SMILES string of the molecule is CCNC(=NCc1ccccc1OCC(F)(F)F)NCCCOCC1CCCO1. The van der Waals surface area contributed by atoms with Crippen molar-refractivity contribution in [3.05, 3.63) is 29.8 Å². The van der Waals surface area contributed by atoms with E-state index in [0.717, 1.165) is 25.9 Å². The van der Waals surface area contributed by atoms with Crippen molar-refractivity contribution in [3.63, 3.8) is 0 Å². The van der Waals surface area contributed by atoms with Gasteiger partial charge in [0.2, 0.25) is 0 Å². The van der Waals surface area contributed by atoms with Crippen LogP contribution in [-0.2, 0) is 16.0 Å². The van der Waals surface area contributed by atoms with E-state index in [1.54, 1.807) is 18.2 Å². The van der Waals surface area contributed by atoms with E-state index in [4.69, 9.17) is 14.2 Å². The zero-order valence-corrected chi connectivity index (χ0v) is 16.8. The highest BCUT2D eigenvalue weighted by molar-refractivity contribution is 5.79. The minimum Gasteiger partial charge on any atom is -0.484 e. The second-order valence-corrected chi connectivity index (χ2v) is 6.70. The van der Waals surface area contributed by atoms with E-state index in [9.17, 15) is 13.2 Å². The third-order valence-corrected chi connectivity index (χ3v) is 4.20. The van der Waals surface area contributed by atoms with Crippen LogP contribution in [0.1, 0.15) is 31.7 Å². The largest absolute Gasteiger partial charge is 0.484 e. The maximum atomic E-state index is 12.4. The summed E-state index contributed by atoms with van der Waals surface area (Å²) in [7, 11) is 0. The van der Waals surface area contributed by atoms with E-state index in [0.29, 0.717) is 37.8 Å². The molecular formula is C20H30F3N3O3. The highest BCUT2D eigenvalue weighted by atomic mass is 19.4. The minimum atomic E-state index is -4.38. The first-order valence-electron chi connectivity index (χ1n) is 9.97. The van der Waals surface area contributed by atoms with Crippen molar-refractivity contribution in [2.45, 2.75) is 45.0 Å². The Bertz CT molecular complexity index is 620. The van der Waals surface area contributed by atoms with Gasteiger partial charge in [0.1, 0.15) is 5.75 Å². The fourth-order valence-corrected chi connectivity index (χ4v) is 2.81. The number of aliphatic imine (C=N–C) groups is 1. The van der Waals surface area contributed by atoms with E-state index in [1.807, 2.05) is 6.92 Å². The first-order valence-corrected chi connectivity index (χ1v) is 9.97. The molecule has 9 heteroatoms. The van der Waals surface area contributed by atoms with Crippen LogP contribution in [0.2, 0.25) is 0 Å².